The normalized spacial score (nSPS) is 10.6. The van der Waals surface area contributed by atoms with Crippen molar-refractivity contribution in [2.24, 2.45) is 0 Å². The first-order valence-electron chi connectivity index (χ1n) is 5.65. The number of carbonyl (C=O) groups excluding carboxylic acids is 1. The Morgan fingerprint density at radius 3 is 2.83 bits per heavy atom. The molecule has 0 spiro atoms. The van der Waals surface area contributed by atoms with Gasteiger partial charge in [-0.25, -0.2) is 9.67 Å². The summed E-state index contributed by atoms with van der Waals surface area (Å²) in [6, 6.07) is 5.22. The maximum absolute atomic E-state index is 12.0. The number of aromatic nitrogens is 3. The Kier molecular flexibility index (Phi) is 3.27. The van der Waals surface area contributed by atoms with Gasteiger partial charge in [-0.3, -0.25) is 4.79 Å². The highest BCUT2D eigenvalue weighted by Gasteiger charge is 2.14. The van der Waals surface area contributed by atoms with Gasteiger partial charge in [0.1, 0.15) is 5.82 Å². The number of pyridine rings is 1. The van der Waals surface area contributed by atoms with Gasteiger partial charge >= 0.3 is 0 Å². The average Bonchev–Trinajstić information content (AvgIpc) is 2.77. The first kappa shape index (κ1) is 12.1. The molecule has 2 aromatic rings. The van der Waals surface area contributed by atoms with Gasteiger partial charge in [-0.05, 0) is 26.0 Å². The summed E-state index contributed by atoms with van der Waals surface area (Å²) in [4.78, 5) is 16.0. The molecule has 0 radical (unpaired) electrons. The van der Waals surface area contributed by atoms with Gasteiger partial charge in [0.25, 0.3) is 5.91 Å². The first-order valence-corrected chi connectivity index (χ1v) is 5.65. The van der Waals surface area contributed by atoms with Gasteiger partial charge in [0.05, 0.1) is 11.9 Å². The minimum atomic E-state index is -0.337. The number of nitrogen functional groups attached to an aromatic ring is 1. The van der Waals surface area contributed by atoms with Crippen LogP contribution in [-0.4, -0.2) is 20.7 Å². The van der Waals surface area contributed by atoms with E-state index >= 15 is 0 Å². The zero-order chi connectivity index (χ0) is 13.1. The van der Waals surface area contributed by atoms with Crippen molar-refractivity contribution in [1.29, 1.82) is 0 Å². The van der Waals surface area contributed by atoms with E-state index in [1.54, 1.807) is 29.1 Å². The summed E-state index contributed by atoms with van der Waals surface area (Å²) in [6.45, 7) is 3.97. The van der Waals surface area contributed by atoms with Crippen LogP contribution in [0.3, 0.4) is 0 Å². The first-order chi connectivity index (χ1) is 8.59. The number of nitrogens with one attached hydrogen (secondary N) is 1. The highest BCUT2D eigenvalue weighted by atomic mass is 16.2. The van der Waals surface area contributed by atoms with Gasteiger partial charge in [0.2, 0.25) is 0 Å². The summed E-state index contributed by atoms with van der Waals surface area (Å²) in [5.41, 5.74) is 6.27. The molecule has 18 heavy (non-hydrogen) atoms. The Bertz CT molecular complexity index is 561. The quantitative estimate of drug-likeness (QED) is 0.861. The second-order valence-corrected chi connectivity index (χ2v) is 4.15. The van der Waals surface area contributed by atoms with Crippen LogP contribution in [0.25, 0.3) is 0 Å². The van der Waals surface area contributed by atoms with Crippen molar-refractivity contribution in [3.05, 3.63) is 36.3 Å². The van der Waals surface area contributed by atoms with Gasteiger partial charge in [-0.1, -0.05) is 0 Å². The van der Waals surface area contributed by atoms with Crippen molar-refractivity contribution in [3.8, 4) is 0 Å². The van der Waals surface area contributed by atoms with Crippen molar-refractivity contribution < 1.29 is 4.79 Å². The third kappa shape index (κ3) is 2.32. The molecule has 2 heterocycles. The number of nitrogens with two attached hydrogens (primary N) is 1. The van der Waals surface area contributed by atoms with Gasteiger partial charge in [0.15, 0.2) is 5.69 Å². The van der Waals surface area contributed by atoms with E-state index in [9.17, 15) is 4.79 Å². The average molecular weight is 245 g/mol. The number of anilines is 2. The Labute approximate surface area is 105 Å². The van der Waals surface area contributed by atoms with Crippen molar-refractivity contribution in [1.82, 2.24) is 14.8 Å². The lowest BCUT2D eigenvalue weighted by molar-refractivity contribution is 0.102. The summed E-state index contributed by atoms with van der Waals surface area (Å²) in [5.74, 6) is 0.288. The molecule has 0 fully saturated rings. The van der Waals surface area contributed by atoms with Gasteiger partial charge in [-0.15, -0.1) is 0 Å². The second kappa shape index (κ2) is 4.87. The predicted molar refractivity (Wildman–Crippen MR) is 69.2 cm³/mol. The van der Waals surface area contributed by atoms with Crippen LogP contribution in [0.2, 0.25) is 0 Å². The number of carbonyl (C=O) groups is 1. The monoisotopic (exact) mass is 245 g/mol. The van der Waals surface area contributed by atoms with Crippen LogP contribution in [0.5, 0.6) is 0 Å². The lowest BCUT2D eigenvalue weighted by Crippen LogP contribution is -2.19. The Morgan fingerprint density at radius 1 is 1.39 bits per heavy atom. The SMILES string of the molecule is CC(C)n1nccc1NC(=O)c1ncccc1N. The molecule has 0 aliphatic heterocycles. The lowest BCUT2D eigenvalue weighted by atomic mass is 10.3. The highest BCUT2D eigenvalue weighted by Crippen LogP contribution is 2.15. The molecule has 0 aliphatic carbocycles. The molecule has 0 unspecified atom stereocenters. The number of rotatable bonds is 3. The fourth-order valence-electron chi connectivity index (χ4n) is 1.61. The molecule has 3 N–H and O–H groups in total. The summed E-state index contributed by atoms with van der Waals surface area (Å²) in [5, 5.41) is 6.88. The molecular formula is C12H15N5O. The van der Waals surface area contributed by atoms with Crippen molar-refractivity contribution >= 4 is 17.4 Å². The van der Waals surface area contributed by atoms with E-state index in [1.165, 1.54) is 6.20 Å². The molecule has 6 heteroatoms. The van der Waals surface area contributed by atoms with Crippen LogP contribution in [0.15, 0.2) is 30.6 Å². The molecule has 6 nitrogen and oxygen atoms in total. The number of hydrogen-bond donors (Lipinski definition) is 2. The third-order valence-corrected chi connectivity index (χ3v) is 2.46. The van der Waals surface area contributed by atoms with E-state index in [1.807, 2.05) is 13.8 Å². The van der Waals surface area contributed by atoms with E-state index in [4.69, 9.17) is 5.73 Å². The van der Waals surface area contributed by atoms with Crippen LogP contribution >= 0.6 is 0 Å². The molecular weight excluding hydrogens is 230 g/mol. The van der Waals surface area contributed by atoms with Gasteiger partial charge < -0.3 is 11.1 Å². The number of hydrogen-bond acceptors (Lipinski definition) is 4. The van der Waals surface area contributed by atoms with E-state index in [2.05, 4.69) is 15.4 Å². The molecule has 0 atom stereocenters. The minimum Gasteiger partial charge on any atom is -0.397 e. The molecule has 1 amide bonds. The van der Waals surface area contributed by atoms with Gasteiger partial charge in [-0.2, -0.15) is 5.10 Å². The van der Waals surface area contributed by atoms with Crippen LogP contribution < -0.4 is 11.1 Å². The fraction of sp³-hybridized carbons (Fsp3) is 0.250. The maximum Gasteiger partial charge on any atom is 0.277 e. The number of nitrogens with zero attached hydrogens (tertiary/aromatic N) is 3. The Balaban J connectivity index is 2.22. The number of amides is 1. The largest absolute Gasteiger partial charge is 0.397 e. The molecule has 0 bridgehead atoms. The third-order valence-electron chi connectivity index (χ3n) is 2.46. The second-order valence-electron chi connectivity index (χ2n) is 4.15. The zero-order valence-electron chi connectivity index (χ0n) is 10.3. The molecule has 2 rings (SSSR count). The van der Waals surface area contributed by atoms with Crippen molar-refractivity contribution in [2.75, 3.05) is 11.1 Å². The van der Waals surface area contributed by atoms with Crippen molar-refractivity contribution in [3.63, 3.8) is 0 Å². The standard InChI is InChI=1S/C12H15N5O/c1-8(2)17-10(5-7-15-17)16-12(18)11-9(13)4-3-6-14-11/h3-8H,13H2,1-2H3,(H,16,18). The summed E-state index contributed by atoms with van der Waals surface area (Å²) >= 11 is 0. The zero-order valence-corrected chi connectivity index (χ0v) is 10.3. The summed E-state index contributed by atoms with van der Waals surface area (Å²) in [7, 11) is 0. The highest BCUT2D eigenvalue weighted by molar-refractivity contribution is 6.05. The molecule has 0 saturated carbocycles. The molecule has 0 aliphatic rings. The Morgan fingerprint density at radius 2 is 2.17 bits per heavy atom. The molecule has 2 aromatic heterocycles. The van der Waals surface area contributed by atoms with E-state index in [0.717, 1.165) is 0 Å². The van der Waals surface area contributed by atoms with Crippen LogP contribution in [0.1, 0.15) is 30.4 Å². The fourth-order valence-corrected chi connectivity index (χ4v) is 1.61. The predicted octanol–water partition coefficient (Wildman–Crippen LogP) is 1.69. The van der Waals surface area contributed by atoms with Gasteiger partial charge in [0, 0.05) is 18.3 Å². The summed E-state index contributed by atoms with van der Waals surface area (Å²) in [6.07, 6.45) is 3.17. The molecule has 0 aromatic carbocycles. The maximum atomic E-state index is 12.0. The molecule has 94 valence electrons. The van der Waals surface area contributed by atoms with E-state index < -0.39 is 0 Å². The van der Waals surface area contributed by atoms with Crippen molar-refractivity contribution in [2.45, 2.75) is 19.9 Å². The smallest absolute Gasteiger partial charge is 0.277 e. The summed E-state index contributed by atoms with van der Waals surface area (Å²) < 4.78 is 1.72. The van der Waals surface area contributed by atoms with E-state index in [-0.39, 0.29) is 17.6 Å². The minimum absolute atomic E-state index is 0.163. The van der Waals surface area contributed by atoms with E-state index in [0.29, 0.717) is 11.5 Å². The Hall–Kier alpha value is -2.37. The topological polar surface area (TPSA) is 85.8 Å². The van der Waals surface area contributed by atoms with Crippen LogP contribution in [-0.2, 0) is 0 Å². The lowest BCUT2D eigenvalue weighted by Gasteiger charge is -2.11. The molecule has 0 saturated heterocycles. The van der Waals surface area contributed by atoms with Crippen LogP contribution in [0.4, 0.5) is 11.5 Å². The van der Waals surface area contributed by atoms with Crippen LogP contribution in [0, 0.1) is 0 Å².